The number of hydrazone groups is 1. The van der Waals surface area contributed by atoms with Crippen LogP contribution >= 0.6 is 11.3 Å². The number of amides is 1. The predicted octanol–water partition coefficient (Wildman–Crippen LogP) is 3.74. The highest BCUT2D eigenvalue weighted by atomic mass is 32.1. The van der Waals surface area contributed by atoms with E-state index in [0.29, 0.717) is 5.75 Å². The largest absolute Gasteiger partial charge is 0.483 e. The van der Waals surface area contributed by atoms with E-state index in [9.17, 15) is 4.79 Å². The van der Waals surface area contributed by atoms with Crippen molar-refractivity contribution in [1.29, 1.82) is 0 Å². The first-order valence-corrected chi connectivity index (χ1v) is 8.03. The number of carbonyl (C=O) groups excluding carboxylic acids is 1. The highest BCUT2D eigenvalue weighted by molar-refractivity contribution is 7.13. The van der Waals surface area contributed by atoms with Gasteiger partial charge in [-0.05, 0) is 30.5 Å². The Morgan fingerprint density at radius 3 is 2.83 bits per heavy atom. The lowest BCUT2D eigenvalue weighted by Crippen LogP contribution is -2.24. The molecule has 0 aliphatic heterocycles. The number of benzene rings is 2. The molecule has 0 fully saturated rings. The summed E-state index contributed by atoms with van der Waals surface area (Å²) in [5.41, 5.74) is 2.47. The van der Waals surface area contributed by atoms with Crippen LogP contribution in [-0.4, -0.2) is 18.7 Å². The standard InChI is InChI=1S/C18H16N2O2S/c1-13-9-10-15(23-13)11-19-20-18(21)12-22-17-8-4-6-14-5-2-3-7-16(14)17/h2-11H,12H2,1H3,(H,20,21)/b19-11+. The second-order valence-corrected chi connectivity index (χ2v) is 6.33. The Morgan fingerprint density at radius 2 is 2.00 bits per heavy atom. The van der Waals surface area contributed by atoms with Crippen molar-refractivity contribution in [2.45, 2.75) is 6.92 Å². The van der Waals surface area contributed by atoms with Gasteiger partial charge in [-0.25, -0.2) is 5.43 Å². The number of rotatable bonds is 5. The first-order valence-electron chi connectivity index (χ1n) is 7.21. The van der Waals surface area contributed by atoms with Crippen molar-refractivity contribution in [3.05, 3.63) is 64.4 Å². The maximum Gasteiger partial charge on any atom is 0.277 e. The lowest BCUT2D eigenvalue weighted by Gasteiger charge is -2.08. The number of hydrogen-bond acceptors (Lipinski definition) is 4. The maximum absolute atomic E-state index is 11.8. The molecule has 1 heterocycles. The minimum absolute atomic E-state index is 0.0746. The summed E-state index contributed by atoms with van der Waals surface area (Å²) in [4.78, 5) is 14.0. The average molecular weight is 324 g/mol. The van der Waals surface area contributed by atoms with Gasteiger partial charge in [0.15, 0.2) is 6.61 Å². The second-order valence-electron chi connectivity index (χ2n) is 5.01. The highest BCUT2D eigenvalue weighted by Gasteiger charge is 2.04. The van der Waals surface area contributed by atoms with E-state index in [1.165, 1.54) is 4.88 Å². The zero-order valence-corrected chi connectivity index (χ0v) is 13.5. The molecule has 4 nitrogen and oxygen atoms in total. The van der Waals surface area contributed by atoms with Crippen LogP contribution in [0.2, 0.25) is 0 Å². The van der Waals surface area contributed by atoms with E-state index >= 15 is 0 Å². The SMILES string of the molecule is Cc1ccc(/C=N/NC(=O)COc2cccc3ccccc23)s1. The molecule has 2 aromatic carbocycles. The number of nitrogens with zero attached hydrogens (tertiary/aromatic N) is 1. The van der Waals surface area contributed by atoms with Crippen LogP contribution in [0.15, 0.2) is 59.7 Å². The Labute approximate surface area is 138 Å². The smallest absolute Gasteiger partial charge is 0.277 e. The van der Waals surface area contributed by atoms with Crippen LogP contribution in [0.1, 0.15) is 9.75 Å². The molecule has 0 unspecified atom stereocenters. The van der Waals surface area contributed by atoms with Crippen LogP contribution in [0.5, 0.6) is 5.75 Å². The minimum atomic E-state index is -0.289. The first kappa shape index (κ1) is 15.2. The van der Waals surface area contributed by atoms with Crippen LogP contribution < -0.4 is 10.2 Å². The third-order valence-corrected chi connectivity index (χ3v) is 4.19. The number of nitrogens with one attached hydrogen (secondary N) is 1. The summed E-state index contributed by atoms with van der Waals surface area (Å²) in [6.45, 7) is 1.95. The van der Waals surface area contributed by atoms with Gasteiger partial charge in [0.05, 0.1) is 6.21 Å². The molecule has 0 radical (unpaired) electrons. The lowest BCUT2D eigenvalue weighted by molar-refractivity contribution is -0.123. The van der Waals surface area contributed by atoms with Gasteiger partial charge in [0.2, 0.25) is 0 Å². The number of carbonyl (C=O) groups is 1. The van der Waals surface area contributed by atoms with Crippen LogP contribution in [0.4, 0.5) is 0 Å². The fourth-order valence-corrected chi connectivity index (χ4v) is 2.94. The molecular formula is C18H16N2O2S. The quantitative estimate of drug-likeness (QED) is 0.574. The predicted molar refractivity (Wildman–Crippen MR) is 94.2 cm³/mol. The molecule has 0 saturated carbocycles. The van der Waals surface area contributed by atoms with Crippen LogP contribution in [-0.2, 0) is 4.79 Å². The van der Waals surface area contributed by atoms with Gasteiger partial charge in [-0.1, -0.05) is 36.4 Å². The van der Waals surface area contributed by atoms with Gasteiger partial charge in [-0.2, -0.15) is 5.10 Å². The Kier molecular flexibility index (Phi) is 4.68. The van der Waals surface area contributed by atoms with Crippen molar-refractivity contribution >= 4 is 34.2 Å². The third kappa shape index (κ3) is 3.96. The number of fused-ring (bicyclic) bond motifs is 1. The summed E-state index contributed by atoms with van der Waals surface area (Å²) in [6, 6.07) is 17.6. The van der Waals surface area contributed by atoms with Gasteiger partial charge < -0.3 is 4.74 Å². The Morgan fingerprint density at radius 1 is 1.17 bits per heavy atom. The van der Waals surface area contributed by atoms with Crippen molar-refractivity contribution in [1.82, 2.24) is 5.43 Å². The van der Waals surface area contributed by atoms with Gasteiger partial charge in [0.1, 0.15) is 5.75 Å². The molecule has 116 valence electrons. The number of hydrogen-bond donors (Lipinski definition) is 1. The molecule has 0 atom stereocenters. The Bertz CT molecular complexity index is 850. The van der Waals surface area contributed by atoms with E-state index in [4.69, 9.17) is 4.74 Å². The molecule has 5 heteroatoms. The lowest BCUT2D eigenvalue weighted by atomic mass is 10.1. The topological polar surface area (TPSA) is 50.7 Å². The maximum atomic E-state index is 11.8. The van der Waals surface area contributed by atoms with Gasteiger partial charge in [-0.15, -0.1) is 11.3 Å². The molecule has 0 saturated heterocycles. The molecule has 23 heavy (non-hydrogen) atoms. The molecule has 1 N–H and O–H groups in total. The highest BCUT2D eigenvalue weighted by Crippen LogP contribution is 2.24. The summed E-state index contributed by atoms with van der Waals surface area (Å²) in [5.74, 6) is 0.401. The zero-order chi connectivity index (χ0) is 16.1. The van der Waals surface area contributed by atoms with E-state index in [-0.39, 0.29) is 12.5 Å². The second kappa shape index (κ2) is 7.07. The summed E-state index contributed by atoms with van der Waals surface area (Å²) >= 11 is 1.62. The molecule has 0 bridgehead atoms. The molecule has 1 amide bonds. The molecule has 3 aromatic rings. The summed E-state index contributed by atoms with van der Waals surface area (Å²) in [6.07, 6.45) is 1.63. The van der Waals surface area contributed by atoms with Crippen molar-refractivity contribution < 1.29 is 9.53 Å². The van der Waals surface area contributed by atoms with E-state index in [2.05, 4.69) is 10.5 Å². The van der Waals surface area contributed by atoms with Crippen LogP contribution in [0.3, 0.4) is 0 Å². The van der Waals surface area contributed by atoms with E-state index in [1.807, 2.05) is 61.5 Å². The molecule has 1 aromatic heterocycles. The van der Waals surface area contributed by atoms with Gasteiger partial charge in [0, 0.05) is 15.1 Å². The minimum Gasteiger partial charge on any atom is -0.483 e. The van der Waals surface area contributed by atoms with Gasteiger partial charge in [0.25, 0.3) is 5.91 Å². The molecule has 0 aliphatic carbocycles. The molecule has 3 rings (SSSR count). The Balaban J connectivity index is 1.57. The monoisotopic (exact) mass is 324 g/mol. The molecule has 0 spiro atoms. The van der Waals surface area contributed by atoms with Crippen molar-refractivity contribution in [2.75, 3.05) is 6.61 Å². The van der Waals surface area contributed by atoms with E-state index in [1.54, 1.807) is 17.6 Å². The first-order chi connectivity index (χ1) is 11.2. The zero-order valence-electron chi connectivity index (χ0n) is 12.7. The number of thiophene rings is 1. The van der Waals surface area contributed by atoms with Crippen molar-refractivity contribution in [3.8, 4) is 5.75 Å². The van der Waals surface area contributed by atoms with E-state index < -0.39 is 0 Å². The normalized spacial score (nSPS) is 11.0. The van der Waals surface area contributed by atoms with Crippen LogP contribution in [0, 0.1) is 6.92 Å². The number of ether oxygens (including phenoxy) is 1. The van der Waals surface area contributed by atoms with Crippen molar-refractivity contribution in [3.63, 3.8) is 0 Å². The molecule has 0 aliphatic rings. The Hall–Kier alpha value is -2.66. The van der Waals surface area contributed by atoms with E-state index in [0.717, 1.165) is 15.6 Å². The molecular weight excluding hydrogens is 308 g/mol. The fourth-order valence-electron chi connectivity index (χ4n) is 2.19. The van der Waals surface area contributed by atoms with Gasteiger partial charge >= 0.3 is 0 Å². The average Bonchev–Trinajstić information content (AvgIpc) is 2.98. The summed E-state index contributed by atoms with van der Waals surface area (Å²) in [7, 11) is 0. The van der Waals surface area contributed by atoms with Crippen LogP contribution in [0.25, 0.3) is 10.8 Å². The third-order valence-electron chi connectivity index (χ3n) is 3.25. The van der Waals surface area contributed by atoms with Gasteiger partial charge in [-0.3, -0.25) is 4.79 Å². The summed E-state index contributed by atoms with van der Waals surface area (Å²) in [5, 5.41) is 6.00. The number of aryl methyl sites for hydroxylation is 1. The van der Waals surface area contributed by atoms with Crippen molar-refractivity contribution in [2.24, 2.45) is 5.10 Å². The fraction of sp³-hybridized carbons (Fsp3) is 0.111. The summed E-state index contributed by atoms with van der Waals surface area (Å²) < 4.78 is 5.60.